The average Bonchev–Trinajstić information content (AvgIpc) is 3.05. The minimum Gasteiger partial charge on any atom is -0.351 e. The number of thiophene rings is 1. The number of nitrogens with one attached hydrogen (secondary N) is 1. The maximum absolute atomic E-state index is 12.6. The highest BCUT2D eigenvalue weighted by atomic mass is 35.5. The van der Waals surface area contributed by atoms with E-state index in [1.807, 2.05) is 24.3 Å². The van der Waals surface area contributed by atoms with Crippen LogP contribution in [0.3, 0.4) is 0 Å². The zero-order valence-electron chi connectivity index (χ0n) is 13.8. The van der Waals surface area contributed by atoms with Crippen molar-refractivity contribution in [1.82, 2.24) is 10.2 Å². The van der Waals surface area contributed by atoms with E-state index in [2.05, 4.69) is 10.2 Å². The molecule has 4 rings (SSSR count). The second kappa shape index (κ2) is 7.03. The van der Waals surface area contributed by atoms with Crippen LogP contribution in [0.25, 0.3) is 10.1 Å². The molecule has 1 N–H and O–H groups in total. The largest absolute Gasteiger partial charge is 0.351 e. The monoisotopic (exact) mass is 362 g/mol. The van der Waals surface area contributed by atoms with Gasteiger partial charge in [-0.05, 0) is 62.9 Å². The molecule has 3 nitrogen and oxygen atoms in total. The molecule has 2 aliphatic rings. The van der Waals surface area contributed by atoms with Crippen LogP contribution >= 0.6 is 22.9 Å². The van der Waals surface area contributed by atoms with Gasteiger partial charge in [0, 0.05) is 27.7 Å². The van der Waals surface area contributed by atoms with Gasteiger partial charge in [-0.3, -0.25) is 4.79 Å². The summed E-state index contributed by atoms with van der Waals surface area (Å²) in [6.07, 6.45) is 6.45. The molecule has 1 aromatic carbocycles. The molecule has 2 aliphatic heterocycles. The number of benzene rings is 1. The van der Waals surface area contributed by atoms with E-state index in [1.165, 1.54) is 56.5 Å². The van der Waals surface area contributed by atoms with Gasteiger partial charge in [0.05, 0.1) is 4.88 Å². The molecule has 3 heterocycles. The lowest BCUT2D eigenvalue weighted by Crippen LogP contribution is -2.50. The Balaban J connectivity index is 1.42. The minimum absolute atomic E-state index is 0.0419. The zero-order chi connectivity index (χ0) is 16.5. The highest BCUT2D eigenvalue weighted by Gasteiger charge is 2.33. The first-order valence-corrected chi connectivity index (χ1v) is 10.1. The number of halogens is 1. The van der Waals surface area contributed by atoms with Gasteiger partial charge in [0.15, 0.2) is 0 Å². The smallest absolute Gasteiger partial charge is 0.261 e. The van der Waals surface area contributed by atoms with E-state index in [-0.39, 0.29) is 5.91 Å². The van der Waals surface area contributed by atoms with E-state index < -0.39 is 0 Å². The quantitative estimate of drug-likeness (QED) is 0.868. The predicted molar refractivity (Wildman–Crippen MR) is 101 cm³/mol. The molecule has 0 unspecified atom stereocenters. The average molecular weight is 363 g/mol. The Bertz CT molecular complexity index is 742. The van der Waals surface area contributed by atoms with Crippen molar-refractivity contribution >= 4 is 38.9 Å². The number of nitrogens with zero attached hydrogens (tertiary/aromatic N) is 1. The predicted octanol–water partition coefficient (Wildman–Crippen LogP) is 4.55. The fraction of sp³-hybridized carbons (Fsp3) is 0.526. The van der Waals surface area contributed by atoms with E-state index in [4.69, 9.17) is 11.6 Å². The Kier molecular flexibility index (Phi) is 4.79. The van der Waals surface area contributed by atoms with Gasteiger partial charge in [0.2, 0.25) is 0 Å². The van der Waals surface area contributed by atoms with E-state index in [1.54, 1.807) is 0 Å². The molecular formula is C19H23ClN2OS. The number of piperidine rings is 2. The maximum Gasteiger partial charge on any atom is 0.261 e. The van der Waals surface area contributed by atoms with Gasteiger partial charge in [-0.1, -0.05) is 24.1 Å². The molecule has 0 spiro atoms. The molecule has 1 aromatic heterocycles. The first kappa shape index (κ1) is 16.4. The van der Waals surface area contributed by atoms with Crippen molar-refractivity contribution in [2.24, 2.45) is 5.92 Å². The van der Waals surface area contributed by atoms with Gasteiger partial charge in [-0.2, -0.15) is 0 Å². The van der Waals surface area contributed by atoms with Crippen molar-refractivity contribution < 1.29 is 4.79 Å². The standard InChI is InChI=1S/C19H23ClN2OS/c20-15-6-3-8-17-14(15)11-18(24-17)19(23)21-12-13-5-4-10-22-9-2-1-7-16(13)22/h3,6,8,11,13,16H,1-2,4-5,7,9-10,12H2,(H,21,23)/t13-,16+/m1/s1. The van der Waals surface area contributed by atoms with Gasteiger partial charge in [0.25, 0.3) is 5.91 Å². The molecule has 0 bridgehead atoms. The third-order valence-corrected chi connectivity index (χ3v) is 6.91. The van der Waals surface area contributed by atoms with Crippen molar-refractivity contribution in [1.29, 1.82) is 0 Å². The van der Waals surface area contributed by atoms with Gasteiger partial charge >= 0.3 is 0 Å². The summed E-state index contributed by atoms with van der Waals surface area (Å²) in [5, 5.41) is 4.88. The molecule has 0 saturated carbocycles. The molecule has 128 valence electrons. The molecule has 2 fully saturated rings. The van der Waals surface area contributed by atoms with Crippen molar-refractivity contribution in [3.63, 3.8) is 0 Å². The molecule has 1 amide bonds. The minimum atomic E-state index is 0.0419. The zero-order valence-corrected chi connectivity index (χ0v) is 15.3. The highest BCUT2D eigenvalue weighted by Crippen LogP contribution is 2.32. The van der Waals surface area contributed by atoms with Crippen LogP contribution in [0, 0.1) is 5.92 Å². The summed E-state index contributed by atoms with van der Waals surface area (Å²) < 4.78 is 1.07. The Morgan fingerprint density at radius 3 is 3.00 bits per heavy atom. The maximum atomic E-state index is 12.6. The Hall–Kier alpha value is -1.10. The number of carbonyl (C=O) groups excluding carboxylic acids is 1. The number of amides is 1. The molecule has 2 atom stereocenters. The number of rotatable bonds is 3. The van der Waals surface area contributed by atoms with Crippen LogP contribution in [0.4, 0.5) is 0 Å². The summed E-state index contributed by atoms with van der Waals surface area (Å²) in [4.78, 5) is 16.0. The van der Waals surface area contributed by atoms with Crippen LogP contribution in [0.15, 0.2) is 24.3 Å². The van der Waals surface area contributed by atoms with Crippen molar-refractivity contribution in [3.8, 4) is 0 Å². The Morgan fingerprint density at radius 2 is 2.12 bits per heavy atom. The van der Waals surface area contributed by atoms with Crippen LogP contribution in [-0.4, -0.2) is 36.5 Å². The molecule has 0 aliphatic carbocycles. The topological polar surface area (TPSA) is 32.3 Å². The summed E-state index contributed by atoms with van der Waals surface area (Å²) in [5.74, 6) is 0.640. The second-order valence-electron chi connectivity index (χ2n) is 6.97. The molecule has 2 aromatic rings. The normalized spacial score (nSPS) is 24.7. The van der Waals surface area contributed by atoms with Gasteiger partial charge in [0.1, 0.15) is 0 Å². The van der Waals surface area contributed by atoms with Crippen LogP contribution in [0.5, 0.6) is 0 Å². The van der Waals surface area contributed by atoms with Crippen LogP contribution in [0.2, 0.25) is 5.02 Å². The summed E-state index contributed by atoms with van der Waals surface area (Å²) in [7, 11) is 0. The van der Waals surface area contributed by atoms with Crippen molar-refractivity contribution in [3.05, 3.63) is 34.2 Å². The SMILES string of the molecule is O=C(NC[C@H]1CCCN2CCCC[C@@H]12)c1cc2c(Cl)cccc2s1. The molecular weight excluding hydrogens is 340 g/mol. The van der Waals surface area contributed by atoms with Crippen LogP contribution in [0.1, 0.15) is 41.8 Å². The number of hydrogen-bond donors (Lipinski definition) is 1. The third-order valence-electron chi connectivity index (χ3n) is 5.49. The number of fused-ring (bicyclic) bond motifs is 2. The van der Waals surface area contributed by atoms with E-state index in [0.717, 1.165) is 21.5 Å². The van der Waals surface area contributed by atoms with Crippen molar-refractivity contribution in [2.75, 3.05) is 19.6 Å². The third kappa shape index (κ3) is 3.19. The summed E-state index contributed by atoms with van der Waals surface area (Å²) in [6, 6.07) is 8.42. The number of hydrogen-bond acceptors (Lipinski definition) is 3. The summed E-state index contributed by atoms with van der Waals surface area (Å²) in [5.41, 5.74) is 0. The fourth-order valence-corrected chi connectivity index (χ4v) is 5.55. The summed E-state index contributed by atoms with van der Waals surface area (Å²) >= 11 is 7.74. The van der Waals surface area contributed by atoms with Gasteiger partial charge in [-0.15, -0.1) is 11.3 Å². The first-order chi connectivity index (χ1) is 11.7. The molecule has 24 heavy (non-hydrogen) atoms. The van der Waals surface area contributed by atoms with Crippen LogP contribution in [-0.2, 0) is 0 Å². The summed E-state index contributed by atoms with van der Waals surface area (Å²) in [6.45, 7) is 3.27. The molecule has 5 heteroatoms. The number of carbonyl (C=O) groups is 1. The second-order valence-corrected chi connectivity index (χ2v) is 8.46. The van der Waals surface area contributed by atoms with Gasteiger partial charge < -0.3 is 10.2 Å². The lowest BCUT2D eigenvalue weighted by Gasteiger charge is -2.44. The lowest BCUT2D eigenvalue weighted by molar-refractivity contribution is 0.0576. The molecule has 0 radical (unpaired) electrons. The van der Waals surface area contributed by atoms with E-state index in [0.29, 0.717) is 17.0 Å². The lowest BCUT2D eigenvalue weighted by atomic mass is 9.83. The van der Waals surface area contributed by atoms with Crippen molar-refractivity contribution in [2.45, 2.75) is 38.1 Å². The Morgan fingerprint density at radius 1 is 1.25 bits per heavy atom. The van der Waals surface area contributed by atoms with Crippen LogP contribution < -0.4 is 5.32 Å². The van der Waals surface area contributed by atoms with E-state index >= 15 is 0 Å². The van der Waals surface area contributed by atoms with E-state index in [9.17, 15) is 4.79 Å². The first-order valence-electron chi connectivity index (χ1n) is 8.93. The Labute approximate surface area is 152 Å². The highest BCUT2D eigenvalue weighted by molar-refractivity contribution is 7.20. The van der Waals surface area contributed by atoms with Gasteiger partial charge in [-0.25, -0.2) is 0 Å². The molecule has 2 saturated heterocycles. The fourth-order valence-electron chi connectivity index (χ4n) is 4.26.